The second kappa shape index (κ2) is 14.1. The molecule has 1 amide bonds. The number of alkyl halides is 3. The number of nitrogens with one attached hydrogen (secondary N) is 2. The molecule has 1 heterocycles. The highest BCUT2D eigenvalue weighted by Gasteiger charge is 2.41. The summed E-state index contributed by atoms with van der Waals surface area (Å²) in [4.78, 5) is 28.6. The molecule has 0 unspecified atom stereocenters. The Labute approximate surface area is 281 Å². The average molecular weight is 704 g/mol. The number of hydrogen-bond acceptors (Lipinski definition) is 4. The number of halogens is 7. The highest BCUT2D eigenvalue weighted by Crippen LogP contribution is 2.45. The predicted molar refractivity (Wildman–Crippen MR) is 170 cm³/mol. The predicted octanol–water partition coefficient (Wildman–Crippen LogP) is 8.96. The van der Waals surface area contributed by atoms with E-state index in [1.807, 2.05) is 0 Å². The maximum absolute atomic E-state index is 15.1. The van der Waals surface area contributed by atoms with Crippen molar-refractivity contribution in [3.8, 4) is 16.9 Å². The van der Waals surface area contributed by atoms with Crippen molar-refractivity contribution >= 4 is 46.5 Å². The Kier molecular flexibility index (Phi) is 10.1. The normalized spacial score (nSPS) is 13.8. The van der Waals surface area contributed by atoms with Crippen molar-refractivity contribution < 1.29 is 41.4 Å². The van der Waals surface area contributed by atoms with Gasteiger partial charge >= 0.3 is 12.1 Å². The Balaban J connectivity index is 1.40. The third kappa shape index (κ3) is 7.32. The Hall–Kier alpha value is -4.86. The van der Waals surface area contributed by atoms with Gasteiger partial charge in [-0.3, -0.25) is 4.79 Å². The molecule has 4 aromatic carbocycles. The summed E-state index contributed by atoms with van der Waals surface area (Å²) < 4.78 is 77.5. The first-order chi connectivity index (χ1) is 22.8. The fourth-order valence-corrected chi connectivity index (χ4v) is 6.17. The number of amides is 1. The van der Waals surface area contributed by atoms with E-state index >= 15 is 8.78 Å². The Bertz CT molecular complexity index is 1890. The van der Waals surface area contributed by atoms with Crippen molar-refractivity contribution in [1.29, 1.82) is 0 Å². The van der Waals surface area contributed by atoms with Crippen LogP contribution in [-0.4, -0.2) is 35.8 Å². The Morgan fingerprint density at radius 2 is 1.65 bits per heavy atom. The standard InChI is InChI=1S/C34H24Cl2F5N3O4/c1-42-19-13-23(35)28(24(36)14-19)22-10-9-18(21-8-5-11-48-30(21)22)12-27(33(46)47)44-32(45)29-25(37)15-20(16-26(29)38)43-31(34(39,40)41)17-6-3-2-4-7-17/h2-4,6-7,9-10,13-16,27,31,43H,5,8,11-12H2,(H,44,45)(H,46,47)/t27-,31+/m0/s1. The smallest absolute Gasteiger partial charge is 0.412 e. The van der Waals surface area contributed by atoms with Gasteiger partial charge in [-0.25, -0.2) is 18.4 Å². The molecule has 7 nitrogen and oxygen atoms in total. The van der Waals surface area contributed by atoms with Crippen molar-refractivity contribution in [2.75, 3.05) is 11.9 Å². The second-order valence-corrected chi connectivity index (χ2v) is 11.7. The van der Waals surface area contributed by atoms with Crippen LogP contribution in [0, 0.1) is 18.2 Å². The topological polar surface area (TPSA) is 92.0 Å². The molecular weight excluding hydrogens is 680 g/mol. The van der Waals surface area contributed by atoms with Gasteiger partial charge in [0.15, 0.2) is 5.69 Å². The van der Waals surface area contributed by atoms with E-state index in [2.05, 4.69) is 15.5 Å². The highest BCUT2D eigenvalue weighted by atomic mass is 35.5. The molecule has 248 valence electrons. The molecule has 2 atom stereocenters. The minimum absolute atomic E-state index is 0.201. The number of ether oxygens (including phenoxy) is 1. The average Bonchev–Trinajstić information content (AvgIpc) is 3.03. The zero-order valence-corrected chi connectivity index (χ0v) is 26.1. The highest BCUT2D eigenvalue weighted by molar-refractivity contribution is 6.39. The van der Waals surface area contributed by atoms with Gasteiger partial charge in [0.2, 0.25) is 0 Å². The van der Waals surface area contributed by atoms with Gasteiger partial charge in [0, 0.05) is 33.3 Å². The lowest BCUT2D eigenvalue weighted by molar-refractivity contribution is -0.144. The number of carboxylic acids is 1. The molecule has 1 aliphatic rings. The monoisotopic (exact) mass is 703 g/mol. The van der Waals surface area contributed by atoms with E-state index < -0.39 is 53.0 Å². The van der Waals surface area contributed by atoms with Gasteiger partial charge in [-0.2, -0.15) is 13.2 Å². The summed E-state index contributed by atoms with van der Waals surface area (Å²) in [5, 5.41) is 14.5. The van der Waals surface area contributed by atoms with Gasteiger partial charge in [-0.15, -0.1) is 0 Å². The first-order valence-electron chi connectivity index (χ1n) is 14.3. The molecule has 0 aromatic heterocycles. The van der Waals surface area contributed by atoms with E-state index in [1.165, 1.54) is 42.5 Å². The molecule has 4 aromatic rings. The van der Waals surface area contributed by atoms with Crippen LogP contribution >= 0.6 is 23.2 Å². The number of benzene rings is 4. The molecule has 0 aliphatic carbocycles. The molecule has 0 bridgehead atoms. The van der Waals surface area contributed by atoms with E-state index in [0.29, 0.717) is 59.6 Å². The van der Waals surface area contributed by atoms with Gasteiger partial charge in [-0.1, -0.05) is 65.7 Å². The van der Waals surface area contributed by atoms with Crippen molar-refractivity contribution in [3.05, 3.63) is 122 Å². The lowest BCUT2D eigenvalue weighted by atomic mass is 9.90. The van der Waals surface area contributed by atoms with Crippen LogP contribution in [0.2, 0.25) is 10.0 Å². The number of carbonyl (C=O) groups is 2. The van der Waals surface area contributed by atoms with Crippen LogP contribution in [-0.2, 0) is 17.6 Å². The molecule has 14 heteroatoms. The van der Waals surface area contributed by atoms with Crippen LogP contribution in [0.15, 0.2) is 66.7 Å². The Morgan fingerprint density at radius 3 is 2.23 bits per heavy atom. The molecule has 5 rings (SSSR count). The van der Waals surface area contributed by atoms with Crippen LogP contribution in [0.3, 0.4) is 0 Å². The molecule has 3 N–H and O–H groups in total. The summed E-state index contributed by atoms with van der Waals surface area (Å²) >= 11 is 12.9. The van der Waals surface area contributed by atoms with E-state index in [4.69, 9.17) is 34.5 Å². The number of hydrogen-bond donors (Lipinski definition) is 3. The molecule has 1 aliphatic heterocycles. The summed E-state index contributed by atoms with van der Waals surface area (Å²) in [6, 6.07) is 9.86. The maximum Gasteiger partial charge on any atom is 0.412 e. The van der Waals surface area contributed by atoms with Crippen molar-refractivity contribution in [2.24, 2.45) is 0 Å². The molecular formula is C34H24Cl2F5N3O4. The van der Waals surface area contributed by atoms with Gasteiger partial charge < -0.3 is 20.5 Å². The van der Waals surface area contributed by atoms with E-state index in [-0.39, 0.29) is 27.7 Å². The van der Waals surface area contributed by atoms with Crippen LogP contribution in [0.5, 0.6) is 5.75 Å². The van der Waals surface area contributed by atoms with E-state index in [0.717, 1.165) is 0 Å². The van der Waals surface area contributed by atoms with Gasteiger partial charge in [0.25, 0.3) is 5.91 Å². The number of rotatable bonds is 9. The van der Waals surface area contributed by atoms with Crippen LogP contribution in [0.25, 0.3) is 16.0 Å². The summed E-state index contributed by atoms with van der Waals surface area (Å²) in [6.45, 7) is 7.57. The third-order valence-corrected chi connectivity index (χ3v) is 8.26. The summed E-state index contributed by atoms with van der Waals surface area (Å²) in [6.07, 6.45) is -4.09. The maximum atomic E-state index is 15.1. The number of aliphatic carboxylic acids is 1. The largest absolute Gasteiger partial charge is 0.493 e. The number of fused-ring (bicyclic) bond motifs is 1. The Morgan fingerprint density at radius 1 is 1.00 bits per heavy atom. The molecule has 0 spiro atoms. The minimum Gasteiger partial charge on any atom is -0.493 e. The minimum atomic E-state index is -4.83. The summed E-state index contributed by atoms with van der Waals surface area (Å²) in [5.41, 5.74) is 0.276. The number of anilines is 1. The quantitative estimate of drug-likeness (QED) is 0.120. The van der Waals surface area contributed by atoms with Gasteiger partial charge in [-0.05, 0) is 53.8 Å². The molecule has 0 saturated heterocycles. The second-order valence-electron chi connectivity index (χ2n) is 10.8. The van der Waals surface area contributed by atoms with Crippen LogP contribution in [0.1, 0.15) is 39.5 Å². The lowest BCUT2D eigenvalue weighted by Gasteiger charge is -2.25. The van der Waals surface area contributed by atoms with E-state index in [1.54, 1.807) is 12.1 Å². The van der Waals surface area contributed by atoms with Crippen LogP contribution in [0.4, 0.5) is 33.3 Å². The first kappa shape index (κ1) is 34.5. The van der Waals surface area contributed by atoms with E-state index in [9.17, 15) is 27.9 Å². The molecule has 0 radical (unpaired) electrons. The number of nitrogens with zero attached hydrogens (tertiary/aromatic N) is 1. The fourth-order valence-electron chi connectivity index (χ4n) is 5.49. The third-order valence-electron chi connectivity index (χ3n) is 7.67. The first-order valence-corrected chi connectivity index (χ1v) is 15.1. The van der Waals surface area contributed by atoms with Crippen molar-refractivity contribution in [2.45, 2.75) is 37.5 Å². The van der Waals surface area contributed by atoms with Crippen LogP contribution < -0.4 is 15.4 Å². The fraction of sp³-hybridized carbons (Fsp3) is 0.206. The molecule has 0 fully saturated rings. The molecule has 0 saturated carbocycles. The summed E-state index contributed by atoms with van der Waals surface area (Å²) in [5.74, 6) is -5.53. The van der Waals surface area contributed by atoms with Gasteiger partial charge in [0.05, 0.1) is 13.2 Å². The lowest BCUT2D eigenvalue weighted by Crippen LogP contribution is -2.43. The number of carbonyl (C=O) groups excluding carboxylic acids is 1. The van der Waals surface area contributed by atoms with Crippen molar-refractivity contribution in [3.63, 3.8) is 0 Å². The molecule has 48 heavy (non-hydrogen) atoms. The zero-order chi connectivity index (χ0) is 34.7. The summed E-state index contributed by atoms with van der Waals surface area (Å²) in [7, 11) is 0. The SMILES string of the molecule is [C-]#[N+]c1cc(Cl)c(-c2ccc(C[C@H](NC(=O)c3c(F)cc(N[C@H](c4ccccc4)C(F)(F)F)cc3F)C(=O)O)c3c2OCCC3)c(Cl)c1. The number of carboxylic acid groups (broad SMARTS) is 1. The van der Waals surface area contributed by atoms with Crippen molar-refractivity contribution in [1.82, 2.24) is 5.32 Å². The zero-order valence-electron chi connectivity index (χ0n) is 24.6. The van der Waals surface area contributed by atoms with Gasteiger partial charge in [0.1, 0.15) is 35.0 Å².